The molecule has 0 N–H and O–H groups in total. The van der Waals surface area contributed by atoms with Crippen molar-refractivity contribution in [1.82, 2.24) is 14.8 Å². The Morgan fingerprint density at radius 2 is 1.90 bits per heavy atom. The van der Waals surface area contributed by atoms with Gasteiger partial charge in [0, 0.05) is 19.3 Å². The second kappa shape index (κ2) is 9.42. The SMILES string of the molecule is Cc1nn(C)c(Oc2ccccn2)c1C=NOCc1ccc(C(=O)OC(C)(C)C)cc1. The number of hydrogen-bond donors (Lipinski definition) is 0. The monoisotopic (exact) mass is 422 g/mol. The minimum absolute atomic E-state index is 0.251. The number of carbonyl (C=O) groups excluding carboxylic acids is 1. The van der Waals surface area contributed by atoms with Crippen LogP contribution in [0.15, 0.2) is 53.8 Å². The van der Waals surface area contributed by atoms with E-state index in [4.69, 9.17) is 14.3 Å². The molecule has 3 rings (SSSR count). The molecular weight excluding hydrogens is 396 g/mol. The Kier molecular flexibility index (Phi) is 6.69. The fraction of sp³-hybridized carbons (Fsp3) is 0.304. The summed E-state index contributed by atoms with van der Waals surface area (Å²) in [5.41, 5.74) is 2.29. The Bertz CT molecular complexity index is 1050. The molecule has 3 aromatic rings. The number of carbonyl (C=O) groups is 1. The zero-order valence-corrected chi connectivity index (χ0v) is 18.3. The van der Waals surface area contributed by atoms with Crippen molar-refractivity contribution in [3.8, 4) is 11.8 Å². The van der Waals surface area contributed by atoms with E-state index in [-0.39, 0.29) is 12.6 Å². The molecule has 0 saturated heterocycles. The van der Waals surface area contributed by atoms with Gasteiger partial charge < -0.3 is 14.3 Å². The van der Waals surface area contributed by atoms with Crippen LogP contribution in [0.1, 0.15) is 48.0 Å². The summed E-state index contributed by atoms with van der Waals surface area (Å²) < 4.78 is 12.8. The van der Waals surface area contributed by atoms with E-state index >= 15 is 0 Å². The van der Waals surface area contributed by atoms with Crippen LogP contribution in [0.2, 0.25) is 0 Å². The second-order valence-electron chi connectivity index (χ2n) is 7.90. The third kappa shape index (κ3) is 6.15. The van der Waals surface area contributed by atoms with E-state index in [1.54, 1.807) is 54.5 Å². The van der Waals surface area contributed by atoms with Crippen molar-refractivity contribution in [2.45, 2.75) is 39.9 Å². The van der Waals surface area contributed by atoms with Crippen LogP contribution in [0.25, 0.3) is 0 Å². The summed E-state index contributed by atoms with van der Waals surface area (Å²) in [6, 6.07) is 12.5. The van der Waals surface area contributed by atoms with Crippen molar-refractivity contribution >= 4 is 12.2 Å². The number of aryl methyl sites for hydroxylation is 2. The third-order valence-corrected chi connectivity index (χ3v) is 4.13. The van der Waals surface area contributed by atoms with Crippen molar-refractivity contribution in [2.24, 2.45) is 12.2 Å². The van der Waals surface area contributed by atoms with Gasteiger partial charge in [-0.25, -0.2) is 14.5 Å². The maximum Gasteiger partial charge on any atom is 0.338 e. The maximum atomic E-state index is 12.1. The Morgan fingerprint density at radius 3 is 2.55 bits per heavy atom. The van der Waals surface area contributed by atoms with E-state index in [0.29, 0.717) is 22.9 Å². The lowest BCUT2D eigenvalue weighted by Crippen LogP contribution is -2.23. The molecule has 0 atom stereocenters. The first kappa shape index (κ1) is 22.0. The lowest BCUT2D eigenvalue weighted by molar-refractivity contribution is 0.00694. The van der Waals surface area contributed by atoms with Crippen LogP contribution in [-0.2, 0) is 23.2 Å². The van der Waals surface area contributed by atoms with Crippen molar-refractivity contribution in [3.63, 3.8) is 0 Å². The molecule has 0 bridgehead atoms. The summed E-state index contributed by atoms with van der Waals surface area (Å²) in [6.45, 7) is 7.62. The van der Waals surface area contributed by atoms with Crippen LogP contribution in [0.3, 0.4) is 0 Å². The normalized spacial score (nSPS) is 11.5. The molecular formula is C23H26N4O4. The molecule has 162 valence electrons. The van der Waals surface area contributed by atoms with Gasteiger partial charge in [-0.05, 0) is 51.5 Å². The molecule has 2 heterocycles. The molecule has 8 heteroatoms. The second-order valence-corrected chi connectivity index (χ2v) is 7.90. The van der Waals surface area contributed by atoms with Gasteiger partial charge in [0.05, 0.1) is 23.0 Å². The van der Waals surface area contributed by atoms with Gasteiger partial charge in [0.25, 0.3) is 0 Å². The van der Waals surface area contributed by atoms with Crippen LogP contribution in [0, 0.1) is 6.92 Å². The number of esters is 1. The smallest absolute Gasteiger partial charge is 0.338 e. The number of benzene rings is 1. The highest BCUT2D eigenvalue weighted by Crippen LogP contribution is 2.24. The van der Waals surface area contributed by atoms with Crippen LogP contribution in [-0.4, -0.2) is 32.5 Å². The average molecular weight is 422 g/mol. The van der Waals surface area contributed by atoms with Crippen LogP contribution in [0.5, 0.6) is 11.8 Å². The molecule has 0 amide bonds. The van der Waals surface area contributed by atoms with Gasteiger partial charge in [0.15, 0.2) is 0 Å². The van der Waals surface area contributed by atoms with Gasteiger partial charge >= 0.3 is 5.97 Å². The Morgan fingerprint density at radius 1 is 1.16 bits per heavy atom. The van der Waals surface area contributed by atoms with E-state index in [2.05, 4.69) is 15.2 Å². The highest BCUT2D eigenvalue weighted by atomic mass is 16.6. The third-order valence-electron chi connectivity index (χ3n) is 4.13. The molecule has 1 aromatic carbocycles. The number of rotatable bonds is 7. The molecule has 0 aliphatic heterocycles. The summed E-state index contributed by atoms with van der Waals surface area (Å²) in [5.74, 6) is 0.627. The first-order valence-electron chi connectivity index (χ1n) is 9.83. The summed E-state index contributed by atoms with van der Waals surface area (Å²) in [4.78, 5) is 21.7. The first-order chi connectivity index (χ1) is 14.7. The minimum atomic E-state index is -0.531. The topological polar surface area (TPSA) is 87.8 Å². The Hall–Kier alpha value is -3.68. The van der Waals surface area contributed by atoms with Crippen LogP contribution < -0.4 is 4.74 Å². The molecule has 2 aromatic heterocycles. The van der Waals surface area contributed by atoms with Crippen LogP contribution >= 0.6 is 0 Å². The van der Waals surface area contributed by atoms with Gasteiger partial charge in [-0.2, -0.15) is 5.10 Å². The molecule has 31 heavy (non-hydrogen) atoms. The molecule has 0 aliphatic rings. The average Bonchev–Trinajstić information content (AvgIpc) is 2.98. The molecule has 0 fully saturated rings. The Balaban J connectivity index is 1.61. The predicted molar refractivity (Wildman–Crippen MR) is 116 cm³/mol. The number of nitrogens with zero attached hydrogens (tertiary/aromatic N) is 4. The number of hydrogen-bond acceptors (Lipinski definition) is 7. The van der Waals surface area contributed by atoms with E-state index in [1.807, 2.05) is 39.8 Å². The zero-order chi connectivity index (χ0) is 22.4. The quantitative estimate of drug-likeness (QED) is 0.318. The van der Waals surface area contributed by atoms with E-state index < -0.39 is 5.60 Å². The van der Waals surface area contributed by atoms with Crippen molar-refractivity contribution in [2.75, 3.05) is 0 Å². The van der Waals surface area contributed by atoms with E-state index in [0.717, 1.165) is 11.3 Å². The predicted octanol–water partition coefficient (Wildman–Crippen LogP) is 4.42. The Labute approximate surface area is 181 Å². The molecule has 8 nitrogen and oxygen atoms in total. The van der Waals surface area contributed by atoms with Gasteiger partial charge in [-0.3, -0.25) is 0 Å². The first-order valence-corrected chi connectivity index (χ1v) is 9.83. The fourth-order valence-corrected chi connectivity index (χ4v) is 2.71. The standard InChI is InChI=1S/C23H26N4O4/c1-16-19(21(27(5)26-16)30-20-8-6-7-13-24-20)14-25-29-15-17-9-11-18(12-10-17)22(28)31-23(2,3)4/h6-14H,15H2,1-5H3. The maximum absolute atomic E-state index is 12.1. The van der Waals surface area contributed by atoms with Gasteiger partial charge in [-0.1, -0.05) is 23.4 Å². The fourth-order valence-electron chi connectivity index (χ4n) is 2.71. The number of oxime groups is 1. The number of ether oxygens (including phenoxy) is 2. The number of aromatic nitrogens is 3. The molecule has 0 unspecified atom stereocenters. The van der Waals surface area contributed by atoms with Crippen molar-refractivity contribution < 1.29 is 19.1 Å². The summed E-state index contributed by atoms with van der Waals surface area (Å²) >= 11 is 0. The molecule has 0 aliphatic carbocycles. The highest BCUT2D eigenvalue weighted by Gasteiger charge is 2.18. The molecule has 0 saturated carbocycles. The summed E-state index contributed by atoms with van der Waals surface area (Å²) in [7, 11) is 1.79. The van der Waals surface area contributed by atoms with E-state index in [1.165, 1.54) is 0 Å². The summed E-state index contributed by atoms with van der Waals surface area (Å²) in [5, 5.41) is 8.42. The highest BCUT2D eigenvalue weighted by molar-refractivity contribution is 5.89. The number of pyridine rings is 1. The molecule has 0 radical (unpaired) electrons. The van der Waals surface area contributed by atoms with E-state index in [9.17, 15) is 4.79 Å². The van der Waals surface area contributed by atoms with Crippen LogP contribution in [0.4, 0.5) is 0 Å². The minimum Gasteiger partial charge on any atom is -0.456 e. The lowest BCUT2D eigenvalue weighted by atomic mass is 10.1. The van der Waals surface area contributed by atoms with Gasteiger partial charge in [-0.15, -0.1) is 0 Å². The van der Waals surface area contributed by atoms with Gasteiger partial charge in [0.2, 0.25) is 11.8 Å². The summed E-state index contributed by atoms with van der Waals surface area (Å²) in [6.07, 6.45) is 3.22. The largest absolute Gasteiger partial charge is 0.456 e. The zero-order valence-electron chi connectivity index (χ0n) is 18.3. The van der Waals surface area contributed by atoms with Crippen molar-refractivity contribution in [3.05, 3.63) is 71.0 Å². The lowest BCUT2D eigenvalue weighted by Gasteiger charge is -2.19. The molecule has 0 spiro atoms. The van der Waals surface area contributed by atoms with Gasteiger partial charge in [0.1, 0.15) is 12.2 Å². The van der Waals surface area contributed by atoms with Crippen molar-refractivity contribution in [1.29, 1.82) is 0 Å².